The summed E-state index contributed by atoms with van der Waals surface area (Å²) < 4.78 is 0. The SMILES string of the molecule is CC(C)c1ccc(/C=C2\SC(=O)N(CC(=O)NCCc3ccc(O)cc3)C2=O)cc1. The average molecular weight is 425 g/mol. The van der Waals surface area contributed by atoms with Crippen LogP contribution in [0.3, 0.4) is 0 Å². The summed E-state index contributed by atoms with van der Waals surface area (Å²) in [4.78, 5) is 38.2. The van der Waals surface area contributed by atoms with E-state index < -0.39 is 17.1 Å². The Morgan fingerprint density at radius 2 is 1.77 bits per heavy atom. The van der Waals surface area contributed by atoms with Gasteiger partial charge in [-0.3, -0.25) is 19.3 Å². The minimum Gasteiger partial charge on any atom is -0.508 e. The number of nitrogens with zero attached hydrogens (tertiary/aromatic N) is 1. The lowest BCUT2D eigenvalue weighted by Crippen LogP contribution is -2.40. The molecule has 0 unspecified atom stereocenters. The van der Waals surface area contributed by atoms with Gasteiger partial charge in [-0.25, -0.2) is 0 Å². The highest BCUT2D eigenvalue weighted by Crippen LogP contribution is 2.32. The van der Waals surface area contributed by atoms with Crippen LogP contribution in [0.4, 0.5) is 4.79 Å². The van der Waals surface area contributed by atoms with E-state index in [0.717, 1.165) is 27.8 Å². The number of amides is 3. The summed E-state index contributed by atoms with van der Waals surface area (Å²) in [6.07, 6.45) is 2.26. The minimum atomic E-state index is -0.452. The molecule has 0 radical (unpaired) electrons. The lowest BCUT2D eigenvalue weighted by Gasteiger charge is -2.12. The first-order valence-electron chi connectivity index (χ1n) is 9.73. The summed E-state index contributed by atoms with van der Waals surface area (Å²) in [5.74, 6) is -0.241. The van der Waals surface area contributed by atoms with Gasteiger partial charge in [0.05, 0.1) is 4.91 Å². The summed E-state index contributed by atoms with van der Waals surface area (Å²) in [6.45, 7) is 4.29. The van der Waals surface area contributed by atoms with Crippen LogP contribution in [0, 0.1) is 0 Å². The number of imide groups is 1. The van der Waals surface area contributed by atoms with E-state index in [1.807, 2.05) is 24.3 Å². The maximum atomic E-state index is 12.6. The largest absolute Gasteiger partial charge is 0.508 e. The molecule has 6 nitrogen and oxygen atoms in total. The molecular formula is C23H24N2O4S. The first kappa shape index (κ1) is 21.6. The Hall–Kier alpha value is -3.06. The molecule has 7 heteroatoms. The second-order valence-corrected chi connectivity index (χ2v) is 8.35. The van der Waals surface area contributed by atoms with Gasteiger partial charge in [0.2, 0.25) is 5.91 Å². The molecule has 1 heterocycles. The van der Waals surface area contributed by atoms with Gasteiger partial charge in [0.25, 0.3) is 11.1 Å². The van der Waals surface area contributed by atoms with Crippen LogP contribution in [-0.2, 0) is 16.0 Å². The summed E-state index contributed by atoms with van der Waals surface area (Å²) in [5.41, 5.74) is 3.00. The average Bonchev–Trinajstić information content (AvgIpc) is 2.97. The molecule has 3 amide bonds. The number of rotatable bonds is 7. The van der Waals surface area contributed by atoms with Gasteiger partial charge in [-0.15, -0.1) is 0 Å². The number of aromatic hydroxyl groups is 1. The van der Waals surface area contributed by atoms with Gasteiger partial charge >= 0.3 is 0 Å². The Morgan fingerprint density at radius 1 is 1.10 bits per heavy atom. The van der Waals surface area contributed by atoms with E-state index in [1.165, 1.54) is 5.56 Å². The highest BCUT2D eigenvalue weighted by Gasteiger charge is 2.36. The van der Waals surface area contributed by atoms with Crippen molar-refractivity contribution in [3.63, 3.8) is 0 Å². The molecule has 1 fully saturated rings. The highest BCUT2D eigenvalue weighted by molar-refractivity contribution is 8.18. The molecule has 0 aliphatic carbocycles. The van der Waals surface area contributed by atoms with Crippen molar-refractivity contribution in [2.24, 2.45) is 0 Å². The van der Waals surface area contributed by atoms with Gasteiger partial charge in [-0.1, -0.05) is 50.2 Å². The van der Waals surface area contributed by atoms with Crippen molar-refractivity contribution in [1.82, 2.24) is 10.2 Å². The molecule has 0 saturated carbocycles. The van der Waals surface area contributed by atoms with Gasteiger partial charge in [0.1, 0.15) is 12.3 Å². The Balaban J connectivity index is 1.54. The lowest BCUT2D eigenvalue weighted by molar-refractivity contribution is -0.129. The number of carbonyl (C=O) groups is 3. The fourth-order valence-electron chi connectivity index (χ4n) is 2.97. The Bertz CT molecular complexity index is 966. The number of nitrogens with one attached hydrogen (secondary N) is 1. The quantitative estimate of drug-likeness (QED) is 0.658. The van der Waals surface area contributed by atoms with Crippen LogP contribution in [0.25, 0.3) is 6.08 Å². The zero-order chi connectivity index (χ0) is 21.7. The Labute approximate surface area is 180 Å². The molecule has 2 N–H and O–H groups in total. The molecule has 0 spiro atoms. The normalized spacial score (nSPS) is 15.3. The summed E-state index contributed by atoms with van der Waals surface area (Å²) in [7, 11) is 0. The van der Waals surface area contributed by atoms with Crippen molar-refractivity contribution in [2.75, 3.05) is 13.1 Å². The number of benzene rings is 2. The number of carbonyl (C=O) groups excluding carboxylic acids is 3. The molecule has 1 saturated heterocycles. The molecule has 3 rings (SSSR count). The van der Waals surface area contributed by atoms with Gasteiger partial charge in [0, 0.05) is 6.54 Å². The third-order valence-electron chi connectivity index (χ3n) is 4.75. The van der Waals surface area contributed by atoms with Crippen molar-refractivity contribution in [2.45, 2.75) is 26.2 Å². The fourth-order valence-corrected chi connectivity index (χ4v) is 3.81. The van der Waals surface area contributed by atoms with E-state index in [2.05, 4.69) is 19.2 Å². The molecule has 0 atom stereocenters. The molecule has 156 valence electrons. The van der Waals surface area contributed by atoms with Crippen molar-refractivity contribution in [3.05, 3.63) is 70.1 Å². The summed E-state index contributed by atoms with van der Waals surface area (Å²) >= 11 is 0.846. The van der Waals surface area contributed by atoms with Gasteiger partial charge in [-0.05, 0) is 59.0 Å². The second-order valence-electron chi connectivity index (χ2n) is 7.36. The van der Waals surface area contributed by atoms with Crippen molar-refractivity contribution in [3.8, 4) is 5.75 Å². The maximum Gasteiger partial charge on any atom is 0.294 e. The number of phenolic OH excluding ortho intramolecular Hbond substituents is 1. The van der Waals surface area contributed by atoms with E-state index in [0.29, 0.717) is 23.8 Å². The van der Waals surface area contributed by atoms with Gasteiger partial charge < -0.3 is 10.4 Å². The number of phenols is 1. The van der Waals surface area contributed by atoms with Gasteiger partial charge in [-0.2, -0.15) is 0 Å². The maximum absolute atomic E-state index is 12.6. The topological polar surface area (TPSA) is 86.7 Å². The molecular weight excluding hydrogens is 400 g/mol. The molecule has 30 heavy (non-hydrogen) atoms. The van der Waals surface area contributed by atoms with Crippen LogP contribution in [0.1, 0.15) is 36.5 Å². The Kier molecular flexibility index (Phi) is 6.95. The molecule has 0 aromatic heterocycles. The van der Waals surface area contributed by atoms with Crippen LogP contribution < -0.4 is 5.32 Å². The third-order valence-corrected chi connectivity index (χ3v) is 5.66. The second kappa shape index (κ2) is 9.63. The lowest BCUT2D eigenvalue weighted by atomic mass is 10.0. The highest BCUT2D eigenvalue weighted by atomic mass is 32.2. The monoisotopic (exact) mass is 424 g/mol. The third kappa shape index (κ3) is 5.51. The van der Waals surface area contributed by atoms with Crippen LogP contribution in [-0.4, -0.2) is 40.1 Å². The smallest absolute Gasteiger partial charge is 0.294 e. The van der Waals surface area contributed by atoms with Crippen LogP contribution >= 0.6 is 11.8 Å². The van der Waals surface area contributed by atoms with E-state index in [-0.39, 0.29) is 12.3 Å². The Morgan fingerprint density at radius 3 is 2.40 bits per heavy atom. The van der Waals surface area contributed by atoms with Crippen LogP contribution in [0.5, 0.6) is 5.75 Å². The zero-order valence-electron chi connectivity index (χ0n) is 16.9. The molecule has 0 bridgehead atoms. The van der Waals surface area contributed by atoms with Crippen LogP contribution in [0.2, 0.25) is 0 Å². The predicted molar refractivity (Wildman–Crippen MR) is 118 cm³/mol. The number of hydrogen-bond donors (Lipinski definition) is 2. The molecule has 1 aliphatic heterocycles. The first-order valence-corrected chi connectivity index (χ1v) is 10.5. The van der Waals surface area contributed by atoms with Gasteiger partial charge in [0.15, 0.2) is 0 Å². The fraction of sp³-hybridized carbons (Fsp3) is 0.261. The van der Waals surface area contributed by atoms with Crippen molar-refractivity contribution >= 4 is 34.9 Å². The standard InChI is InChI=1S/C23H24N2O4S/c1-15(2)18-7-3-17(4-8-18)13-20-22(28)25(23(29)30-20)14-21(27)24-12-11-16-5-9-19(26)10-6-16/h3-10,13,15,26H,11-12,14H2,1-2H3,(H,24,27)/b20-13-. The molecule has 2 aromatic carbocycles. The zero-order valence-corrected chi connectivity index (χ0v) is 17.7. The first-order chi connectivity index (χ1) is 14.3. The van der Waals surface area contributed by atoms with E-state index in [1.54, 1.807) is 30.3 Å². The van der Waals surface area contributed by atoms with E-state index in [9.17, 15) is 19.5 Å². The van der Waals surface area contributed by atoms with Crippen molar-refractivity contribution in [1.29, 1.82) is 0 Å². The van der Waals surface area contributed by atoms with E-state index >= 15 is 0 Å². The van der Waals surface area contributed by atoms with Crippen LogP contribution in [0.15, 0.2) is 53.4 Å². The molecule has 2 aromatic rings. The van der Waals surface area contributed by atoms with Crippen molar-refractivity contribution < 1.29 is 19.5 Å². The molecule has 1 aliphatic rings. The number of hydrogen-bond acceptors (Lipinski definition) is 5. The summed E-state index contributed by atoms with van der Waals surface area (Å²) in [6, 6.07) is 14.6. The summed E-state index contributed by atoms with van der Waals surface area (Å²) in [5, 5.41) is 11.6. The number of thioether (sulfide) groups is 1. The minimum absolute atomic E-state index is 0.186. The van der Waals surface area contributed by atoms with E-state index in [4.69, 9.17) is 0 Å². The predicted octanol–water partition coefficient (Wildman–Crippen LogP) is 3.91.